The smallest absolute Gasteiger partial charge is 0.0509 e. The number of rotatable bonds is 5. The van der Waals surface area contributed by atoms with Crippen molar-refractivity contribution in [1.29, 1.82) is 0 Å². The van der Waals surface area contributed by atoms with Gasteiger partial charge in [-0.2, -0.15) is 5.54 Å². The summed E-state index contributed by atoms with van der Waals surface area (Å²) in [5, 5.41) is 0. The second-order valence-electron chi connectivity index (χ2n) is 2.41. The Labute approximate surface area is 73.6 Å². The Morgan fingerprint density at radius 1 is 1.50 bits per heavy atom. The molecular weight excluding hydrogens is 153 g/mol. The van der Waals surface area contributed by atoms with E-state index >= 15 is 0 Å². The van der Waals surface area contributed by atoms with Crippen LogP contribution in [0, 0.1) is 0 Å². The van der Waals surface area contributed by atoms with Crippen LogP contribution in [0.25, 0.3) is 0 Å². The van der Waals surface area contributed by atoms with Gasteiger partial charge >= 0.3 is 0 Å². The minimum atomic E-state index is 0.268. The van der Waals surface area contributed by atoms with Gasteiger partial charge in [-0.25, -0.2) is 0 Å². The van der Waals surface area contributed by atoms with Crippen molar-refractivity contribution in [2.24, 2.45) is 0 Å². The van der Waals surface area contributed by atoms with Gasteiger partial charge in [0, 0.05) is 0 Å². The molecule has 68 valence electrons. The summed E-state index contributed by atoms with van der Waals surface area (Å²) in [4.78, 5) is 0. The third kappa shape index (κ3) is 3.49. The van der Waals surface area contributed by atoms with Crippen molar-refractivity contribution in [3.05, 3.63) is 36.0 Å². The average molecular weight is 169 g/mol. The first kappa shape index (κ1) is 11.1. The van der Waals surface area contributed by atoms with Crippen LogP contribution in [-0.2, 0) is 0 Å². The van der Waals surface area contributed by atoms with Crippen LogP contribution in [0.15, 0.2) is 36.0 Å². The van der Waals surface area contributed by atoms with Gasteiger partial charge in [-0.05, 0) is 24.5 Å². The summed E-state index contributed by atoms with van der Waals surface area (Å²) < 4.78 is 11.8. The highest BCUT2D eigenvalue weighted by molar-refractivity contribution is 5.33. The Morgan fingerprint density at radius 3 is 2.50 bits per heavy atom. The predicted octanol–water partition coefficient (Wildman–Crippen LogP) is 2.93. The fraction of sp³-hybridized carbons (Fsp3) is 0.400. The van der Waals surface area contributed by atoms with Crippen molar-refractivity contribution < 1.29 is 4.48 Å². The van der Waals surface area contributed by atoms with E-state index in [-0.39, 0.29) is 6.54 Å². The highest BCUT2D eigenvalue weighted by atomic mass is 19.2. The summed E-state index contributed by atoms with van der Waals surface area (Å²) in [7, 11) is 0. The Kier molecular flexibility index (Phi) is 6.29. The van der Waals surface area contributed by atoms with E-state index in [2.05, 4.69) is 6.58 Å². The molecule has 1 N–H and O–H groups in total. The fourth-order valence-electron chi connectivity index (χ4n) is 1.07. The highest BCUT2D eigenvalue weighted by Crippen LogP contribution is 2.12. The molecule has 2 heteroatoms. The number of hydrogen-bond acceptors (Lipinski definition) is 1. The number of halogens is 1. The molecule has 0 aliphatic rings. The van der Waals surface area contributed by atoms with Crippen molar-refractivity contribution in [3.63, 3.8) is 0 Å². The molecule has 0 aromatic heterocycles. The van der Waals surface area contributed by atoms with Crippen LogP contribution in [-0.4, -0.2) is 6.54 Å². The van der Waals surface area contributed by atoms with E-state index < -0.39 is 0 Å². The van der Waals surface area contributed by atoms with E-state index in [0.29, 0.717) is 0 Å². The molecular formula is C10H16FN. The molecule has 0 amide bonds. The van der Waals surface area contributed by atoms with Gasteiger partial charge in [0.15, 0.2) is 0 Å². The first-order valence-corrected chi connectivity index (χ1v) is 4.10. The minimum absolute atomic E-state index is 0.268. The largest absolute Gasteiger partial charge is 0.155 e. The summed E-state index contributed by atoms with van der Waals surface area (Å²) in [6, 6.07) is 0. The molecule has 0 spiro atoms. The molecule has 0 aromatic carbocycles. The van der Waals surface area contributed by atoms with Gasteiger partial charge in [-0.15, -0.1) is 4.48 Å². The van der Waals surface area contributed by atoms with Gasteiger partial charge < -0.3 is 0 Å². The second-order valence-corrected chi connectivity index (χ2v) is 2.41. The molecule has 0 rings (SSSR count). The second kappa shape index (κ2) is 6.80. The van der Waals surface area contributed by atoms with E-state index in [4.69, 9.17) is 0 Å². The monoisotopic (exact) mass is 169 g/mol. The van der Waals surface area contributed by atoms with Crippen molar-refractivity contribution in [2.75, 3.05) is 6.54 Å². The van der Waals surface area contributed by atoms with E-state index in [9.17, 15) is 4.48 Å². The Morgan fingerprint density at radius 2 is 2.17 bits per heavy atom. The van der Waals surface area contributed by atoms with Crippen molar-refractivity contribution in [3.8, 4) is 0 Å². The molecule has 1 nitrogen and oxygen atoms in total. The minimum Gasteiger partial charge on any atom is -0.155 e. The highest BCUT2D eigenvalue weighted by Gasteiger charge is 1.99. The SMILES string of the molecule is C=C/C=C(CC)\C(=C/C)CNF. The Hall–Kier alpha value is -0.890. The summed E-state index contributed by atoms with van der Waals surface area (Å²) in [5.41, 5.74) is 3.76. The maximum absolute atomic E-state index is 11.8. The van der Waals surface area contributed by atoms with Crippen molar-refractivity contribution in [2.45, 2.75) is 20.3 Å². The summed E-state index contributed by atoms with van der Waals surface area (Å²) >= 11 is 0. The average Bonchev–Trinajstić information content (AvgIpc) is 2.11. The normalized spacial score (nSPS) is 13.2. The van der Waals surface area contributed by atoms with Gasteiger partial charge in [-0.1, -0.05) is 31.7 Å². The van der Waals surface area contributed by atoms with Gasteiger partial charge in [0.25, 0.3) is 0 Å². The summed E-state index contributed by atoms with van der Waals surface area (Å²) in [6.07, 6.45) is 6.44. The molecule has 0 bridgehead atoms. The predicted molar refractivity (Wildman–Crippen MR) is 51.4 cm³/mol. The Bertz CT molecular complexity index is 192. The van der Waals surface area contributed by atoms with Crippen LogP contribution in [0.4, 0.5) is 4.48 Å². The molecule has 0 radical (unpaired) electrons. The van der Waals surface area contributed by atoms with Crippen LogP contribution in [0.2, 0.25) is 0 Å². The van der Waals surface area contributed by atoms with Crippen LogP contribution >= 0.6 is 0 Å². The third-order valence-electron chi connectivity index (χ3n) is 1.72. The maximum Gasteiger partial charge on any atom is 0.0509 e. The number of nitrogens with one attached hydrogen (secondary N) is 1. The molecule has 0 aromatic rings. The zero-order valence-electron chi connectivity index (χ0n) is 7.73. The van der Waals surface area contributed by atoms with Gasteiger partial charge in [0.05, 0.1) is 6.54 Å². The molecule has 12 heavy (non-hydrogen) atoms. The van der Waals surface area contributed by atoms with Crippen molar-refractivity contribution in [1.82, 2.24) is 5.54 Å². The molecule has 0 fully saturated rings. The van der Waals surface area contributed by atoms with Gasteiger partial charge in [0.1, 0.15) is 0 Å². The van der Waals surface area contributed by atoms with E-state index in [1.807, 2.05) is 26.0 Å². The molecule has 0 aliphatic carbocycles. The maximum atomic E-state index is 11.8. The standard InChI is InChI=1S/C10H16FN/c1-4-7-9(5-2)10(6-3)8-12-11/h4,6-7,12H,1,5,8H2,2-3H3/b9-7-,10-6-. The van der Waals surface area contributed by atoms with E-state index in [0.717, 1.165) is 17.6 Å². The quantitative estimate of drug-likeness (QED) is 0.493. The summed E-state index contributed by atoms with van der Waals surface area (Å²) in [5.74, 6) is 0. The van der Waals surface area contributed by atoms with E-state index in [1.165, 1.54) is 0 Å². The molecule has 0 saturated heterocycles. The lowest BCUT2D eigenvalue weighted by Gasteiger charge is -2.06. The zero-order chi connectivity index (χ0) is 9.40. The number of hydrogen-bond donors (Lipinski definition) is 1. The fourth-order valence-corrected chi connectivity index (χ4v) is 1.07. The lowest BCUT2D eigenvalue weighted by molar-refractivity contribution is 0.353. The zero-order valence-corrected chi connectivity index (χ0v) is 7.73. The molecule has 0 unspecified atom stereocenters. The van der Waals surface area contributed by atoms with Crippen LogP contribution in [0.5, 0.6) is 0 Å². The van der Waals surface area contributed by atoms with E-state index in [1.54, 1.807) is 11.6 Å². The van der Waals surface area contributed by atoms with Crippen molar-refractivity contribution >= 4 is 0 Å². The van der Waals surface area contributed by atoms with Crippen LogP contribution in [0.3, 0.4) is 0 Å². The van der Waals surface area contributed by atoms with Crippen LogP contribution in [0.1, 0.15) is 20.3 Å². The lowest BCUT2D eigenvalue weighted by atomic mass is 10.0. The molecule has 0 saturated carbocycles. The van der Waals surface area contributed by atoms with Gasteiger partial charge in [0.2, 0.25) is 0 Å². The number of allylic oxidation sites excluding steroid dienone is 3. The lowest BCUT2D eigenvalue weighted by Crippen LogP contribution is -2.07. The third-order valence-corrected chi connectivity index (χ3v) is 1.72. The molecule has 0 aliphatic heterocycles. The Balaban J connectivity index is 4.45. The molecule has 0 heterocycles. The van der Waals surface area contributed by atoms with Crippen LogP contribution < -0.4 is 5.54 Å². The first-order chi connectivity index (χ1) is 5.79. The van der Waals surface area contributed by atoms with Gasteiger partial charge in [-0.3, -0.25) is 0 Å². The molecule has 0 atom stereocenters. The first-order valence-electron chi connectivity index (χ1n) is 4.10. The summed E-state index contributed by atoms with van der Waals surface area (Å²) in [6.45, 7) is 7.82. The topological polar surface area (TPSA) is 12.0 Å².